The highest BCUT2D eigenvalue weighted by Crippen LogP contribution is 2.34. The fourth-order valence-electron chi connectivity index (χ4n) is 3.96. The van der Waals surface area contributed by atoms with Crippen molar-refractivity contribution in [1.29, 1.82) is 0 Å². The number of carboxylic acid groups (broad SMARTS) is 1. The molecule has 1 N–H and O–H groups in total. The molecule has 6 nitrogen and oxygen atoms in total. The largest absolute Gasteiger partial charge is 0.573 e. The summed E-state index contributed by atoms with van der Waals surface area (Å²) in [5.41, 5.74) is 3.28. The van der Waals surface area contributed by atoms with Crippen LogP contribution < -0.4 is 9.47 Å². The van der Waals surface area contributed by atoms with Crippen molar-refractivity contribution >= 4 is 34.8 Å². The van der Waals surface area contributed by atoms with Crippen molar-refractivity contribution in [1.82, 2.24) is 4.57 Å². The molecule has 0 aliphatic heterocycles. The molecule has 4 aromatic rings. The maximum absolute atomic E-state index is 14.2. The van der Waals surface area contributed by atoms with Gasteiger partial charge >= 0.3 is 12.3 Å². The molecule has 0 aliphatic rings. The van der Waals surface area contributed by atoms with Gasteiger partial charge in [-0.1, -0.05) is 37.6 Å². The summed E-state index contributed by atoms with van der Waals surface area (Å²) in [4.78, 5) is 21.0. The van der Waals surface area contributed by atoms with Crippen molar-refractivity contribution in [3.8, 4) is 17.2 Å². The number of carbonyl (C=O) groups excluding carboxylic acids is 1. The van der Waals surface area contributed by atoms with Crippen molar-refractivity contribution in [2.75, 3.05) is 0 Å². The highest BCUT2D eigenvalue weighted by molar-refractivity contribution is 6.30. The number of carbonyl (C=O) groups is 2. The average molecular weight is 610 g/mol. The summed E-state index contributed by atoms with van der Waals surface area (Å²) >= 11 is 5.68. The van der Waals surface area contributed by atoms with Crippen LogP contribution >= 0.6 is 11.6 Å². The molecule has 0 bridgehead atoms. The number of aldehydes is 1. The first kappa shape index (κ1) is 34.2. The molecule has 3 aromatic carbocycles. The molecule has 0 amide bonds. The lowest BCUT2D eigenvalue weighted by molar-refractivity contribution is -0.274. The molecule has 226 valence electrons. The van der Waals surface area contributed by atoms with Gasteiger partial charge in [-0.3, -0.25) is 0 Å². The Balaban J connectivity index is 0.000000396. The third-order valence-electron chi connectivity index (χ3n) is 5.96. The molecule has 0 saturated heterocycles. The van der Waals surface area contributed by atoms with E-state index in [9.17, 15) is 27.2 Å². The van der Waals surface area contributed by atoms with Crippen LogP contribution in [0.4, 0.5) is 17.6 Å². The van der Waals surface area contributed by atoms with Crippen LogP contribution in [0.3, 0.4) is 0 Å². The molecule has 0 unspecified atom stereocenters. The number of nitrogens with zero attached hydrogens (tertiary/aromatic N) is 1. The van der Waals surface area contributed by atoms with Crippen LogP contribution in [0.15, 0.2) is 60.7 Å². The van der Waals surface area contributed by atoms with Crippen LogP contribution in [-0.2, 0) is 16.0 Å². The van der Waals surface area contributed by atoms with Gasteiger partial charge in [-0.2, -0.15) is 0 Å². The number of carboxylic acids is 1. The lowest BCUT2D eigenvalue weighted by Crippen LogP contribution is -2.23. The van der Waals surface area contributed by atoms with Gasteiger partial charge in [0, 0.05) is 40.7 Å². The molecule has 0 aliphatic carbocycles. The van der Waals surface area contributed by atoms with Crippen LogP contribution in [0.5, 0.6) is 11.5 Å². The average Bonchev–Trinajstić information content (AvgIpc) is 3.17. The summed E-state index contributed by atoms with van der Waals surface area (Å²) in [6.07, 6.45) is -3.74. The Morgan fingerprint density at radius 2 is 1.67 bits per heavy atom. The Morgan fingerprint density at radius 1 is 1.02 bits per heavy atom. The van der Waals surface area contributed by atoms with E-state index in [-0.39, 0.29) is 11.4 Å². The maximum atomic E-state index is 14.2. The number of alkyl halides is 3. The standard InChI is InChI=1S/C20H17F4NO4.C9H9ClO.C2H6/c1-10-11(2)25(18-9-15(4-5-17(10)18)29-20(22,23)24)14-6-13(21)7-16(8-14)28-12(3)19(26)27;10-9-5-3-8(4-6-9)2-1-7-11;1-2/h4-9,12H,1-3H3,(H,26,27);3-7H,1-2H2;1-2H3/t12-;;/m0../s1. The van der Waals surface area contributed by atoms with Crippen LogP contribution in [0.1, 0.15) is 44.0 Å². The Labute approximate surface area is 246 Å². The molecule has 0 fully saturated rings. The van der Waals surface area contributed by atoms with Crippen molar-refractivity contribution in [2.45, 2.75) is 59.9 Å². The third-order valence-corrected chi connectivity index (χ3v) is 6.22. The maximum Gasteiger partial charge on any atom is 0.573 e. The summed E-state index contributed by atoms with van der Waals surface area (Å²) in [5.74, 6) is -2.33. The number of aromatic nitrogens is 1. The van der Waals surface area contributed by atoms with Gasteiger partial charge in [0.25, 0.3) is 0 Å². The Kier molecular flexibility index (Phi) is 12.4. The number of hydrogen-bond donors (Lipinski definition) is 1. The van der Waals surface area contributed by atoms with E-state index in [4.69, 9.17) is 21.4 Å². The molecular formula is C31H32ClF4NO5. The predicted molar refractivity (Wildman–Crippen MR) is 154 cm³/mol. The number of aryl methyl sites for hydroxylation is 2. The first-order chi connectivity index (χ1) is 19.8. The number of rotatable bonds is 8. The van der Waals surface area contributed by atoms with Gasteiger partial charge in [-0.05, 0) is 68.7 Å². The summed E-state index contributed by atoms with van der Waals surface area (Å²) < 4.78 is 62.8. The van der Waals surface area contributed by atoms with Crippen LogP contribution in [0.2, 0.25) is 5.02 Å². The highest BCUT2D eigenvalue weighted by atomic mass is 35.5. The molecule has 0 saturated carbocycles. The van der Waals surface area contributed by atoms with Gasteiger partial charge in [0.05, 0.1) is 11.2 Å². The monoisotopic (exact) mass is 609 g/mol. The lowest BCUT2D eigenvalue weighted by atomic mass is 10.1. The fourth-order valence-corrected chi connectivity index (χ4v) is 4.09. The molecule has 0 spiro atoms. The van der Waals surface area contributed by atoms with Crippen molar-refractivity contribution in [3.63, 3.8) is 0 Å². The molecule has 0 radical (unpaired) electrons. The third kappa shape index (κ3) is 9.51. The second-order valence-electron chi connectivity index (χ2n) is 8.85. The van der Waals surface area contributed by atoms with Gasteiger partial charge < -0.3 is 23.9 Å². The first-order valence-corrected chi connectivity index (χ1v) is 13.4. The van der Waals surface area contributed by atoms with E-state index in [0.717, 1.165) is 34.9 Å². The number of benzene rings is 3. The first-order valence-electron chi connectivity index (χ1n) is 13.0. The normalized spacial score (nSPS) is 11.5. The van der Waals surface area contributed by atoms with E-state index in [1.807, 2.05) is 38.1 Å². The fraction of sp³-hybridized carbons (Fsp3) is 0.290. The van der Waals surface area contributed by atoms with E-state index in [0.29, 0.717) is 23.0 Å². The smallest absolute Gasteiger partial charge is 0.479 e. The summed E-state index contributed by atoms with van der Waals surface area (Å²) in [6.45, 7) is 8.83. The molecule has 1 aromatic heterocycles. The topological polar surface area (TPSA) is 77.8 Å². The van der Waals surface area contributed by atoms with E-state index < -0.39 is 30.0 Å². The van der Waals surface area contributed by atoms with Gasteiger partial charge in [-0.15, -0.1) is 13.2 Å². The van der Waals surface area contributed by atoms with Gasteiger partial charge in [-0.25, -0.2) is 9.18 Å². The van der Waals surface area contributed by atoms with E-state index >= 15 is 0 Å². The number of ether oxygens (including phenoxy) is 2. The van der Waals surface area contributed by atoms with Crippen LogP contribution in [-0.4, -0.2) is 34.4 Å². The number of halogens is 5. The van der Waals surface area contributed by atoms with Crippen molar-refractivity contribution < 1.29 is 41.7 Å². The van der Waals surface area contributed by atoms with Gasteiger partial charge in [0.2, 0.25) is 0 Å². The number of hydrogen-bond acceptors (Lipinski definition) is 4. The van der Waals surface area contributed by atoms with E-state index in [1.54, 1.807) is 18.4 Å². The molecular weight excluding hydrogens is 578 g/mol. The molecule has 42 heavy (non-hydrogen) atoms. The van der Waals surface area contributed by atoms with Crippen molar-refractivity contribution in [2.24, 2.45) is 0 Å². The Bertz CT molecular complexity index is 1500. The molecule has 1 atom stereocenters. The number of aliphatic carboxylic acids is 1. The van der Waals surface area contributed by atoms with Crippen molar-refractivity contribution in [3.05, 3.63) is 88.3 Å². The Hall–Kier alpha value is -4.05. The predicted octanol–water partition coefficient (Wildman–Crippen LogP) is 8.63. The number of fused-ring (bicyclic) bond motifs is 1. The molecule has 11 heteroatoms. The minimum absolute atomic E-state index is 0.0171. The zero-order valence-electron chi connectivity index (χ0n) is 23.8. The SMILES string of the molecule is CC.Cc1c(C)n(-c2cc(F)cc(O[C@@H](C)C(=O)O)c2)c2cc(OC(F)(F)F)ccc12.O=CCCc1ccc(Cl)cc1. The second-order valence-corrected chi connectivity index (χ2v) is 9.28. The minimum atomic E-state index is -4.85. The summed E-state index contributed by atoms with van der Waals surface area (Å²) in [7, 11) is 0. The zero-order chi connectivity index (χ0) is 31.6. The van der Waals surface area contributed by atoms with Crippen LogP contribution in [0.25, 0.3) is 16.6 Å². The molecule has 4 rings (SSSR count). The Morgan fingerprint density at radius 3 is 2.24 bits per heavy atom. The summed E-state index contributed by atoms with van der Waals surface area (Å²) in [6, 6.07) is 15.1. The van der Waals surface area contributed by atoms with E-state index in [2.05, 4.69) is 4.74 Å². The van der Waals surface area contributed by atoms with E-state index in [1.165, 1.54) is 37.3 Å². The summed E-state index contributed by atoms with van der Waals surface area (Å²) in [5, 5.41) is 10.4. The highest BCUT2D eigenvalue weighted by Gasteiger charge is 2.31. The zero-order valence-corrected chi connectivity index (χ0v) is 24.5. The quantitative estimate of drug-likeness (QED) is 0.160. The van der Waals surface area contributed by atoms with Crippen LogP contribution in [0, 0.1) is 19.7 Å². The van der Waals surface area contributed by atoms with Gasteiger partial charge in [0.15, 0.2) is 6.10 Å². The lowest BCUT2D eigenvalue weighted by Gasteiger charge is -2.15. The van der Waals surface area contributed by atoms with Gasteiger partial charge in [0.1, 0.15) is 23.6 Å². The second kappa shape index (κ2) is 15.3. The molecule has 1 heterocycles. The minimum Gasteiger partial charge on any atom is -0.479 e.